The van der Waals surface area contributed by atoms with Gasteiger partial charge < -0.3 is 19.3 Å². The Morgan fingerprint density at radius 3 is 2.10 bits per heavy atom. The molecule has 2 fully saturated rings. The Hall–Kier alpha value is -1.18. The van der Waals surface area contributed by atoms with Crippen LogP contribution in [0.3, 0.4) is 0 Å². The SMILES string of the molecule is CCC1(COC(C)=O)COC2(CC(C)(CC)N(CC(=O)O)C(C)(CC)C2C)OC1. The van der Waals surface area contributed by atoms with Crippen LogP contribution in [0.4, 0.5) is 0 Å². The number of esters is 1. The van der Waals surface area contributed by atoms with E-state index in [2.05, 4.69) is 46.4 Å². The maximum absolute atomic E-state index is 11.7. The molecule has 1 N–H and O–H groups in total. The van der Waals surface area contributed by atoms with Crippen molar-refractivity contribution < 1.29 is 28.9 Å². The van der Waals surface area contributed by atoms with Crippen molar-refractivity contribution in [2.45, 2.75) is 91.0 Å². The summed E-state index contributed by atoms with van der Waals surface area (Å²) in [5, 5.41) is 9.57. The van der Waals surface area contributed by atoms with E-state index in [0.717, 1.165) is 19.3 Å². The number of hydrogen-bond donors (Lipinski definition) is 1. The minimum Gasteiger partial charge on any atom is -0.480 e. The summed E-state index contributed by atoms with van der Waals surface area (Å²) >= 11 is 0. The number of carboxylic acid groups (broad SMARTS) is 1. The molecule has 0 aliphatic carbocycles. The first-order valence-corrected chi connectivity index (χ1v) is 10.8. The molecule has 3 atom stereocenters. The molecule has 3 unspecified atom stereocenters. The lowest BCUT2D eigenvalue weighted by molar-refractivity contribution is -0.371. The monoisotopic (exact) mass is 413 g/mol. The lowest BCUT2D eigenvalue weighted by atomic mass is 9.65. The van der Waals surface area contributed by atoms with Crippen LogP contribution in [0.5, 0.6) is 0 Å². The molecule has 168 valence electrons. The largest absolute Gasteiger partial charge is 0.480 e. The first kappa shape index (κ1) is 24.1. The quantitative estimate of drug-likeness (QED) is 0.640. The van der Waals surface area contributed by atoms with E-state index in [1.54, 1.807) is 0 Å². The average Bonchev–Trinajstić information content (AvgIpc) is 2.69. The molecular weight excluding hydrogens is 374 g/mol. The molecule has 0 saturated carbocycles. The molecule has 0 aromatic heterocycles. The average molecular weight is 414 g/mol. The second-order valence-electron chi connectivity index (χ2n) is 9.46. The van der Waals surface area contributed by atoms with Crippen LogP contribution >= 0.6 is 0 Å². The minimum atomic E-state index is -0.815. The number of carbonyl (C=O) groups excluding carboxylic acids is 1. The van der Waals surface area contributed by atoms with Crippen molar-refractivity contribution >= 4 is 11.9 Å². The maximum Gasteiger partial charge on any atom is 0.317 e. The number of nitrogens with zero attached hydrogens (tertiary/aromatic N) is 1. The molecule has 2 aliphatic heterocycles. The van der Waals surface area contributed by atoms with Gasteiger partial charge in [-0.05, 0) is 33.1 Å². The van der Waals surface area contributed by atoms with Crippen LogP contribution in [0.2, 0.25) is 0 Å². The van der Waals surface area contributed by atoms with E-state index in [1.165, 1.54) is 6.92 Å². The van der Waals surface area contributed by atoms with Crippen LogP contribution in [0, 0.1) is 11.3 Å². The summed E-state index contributed by atoms with van der Waals surface area (Å²) in [5.74, 6) is -1.92. The lowest BCUT2D eigenvalue weighted by Crippen LogP contribution is -2.74. The Bertz CT molecular complexity index is 614. The van der Waals surface area contributed by atoms with Gasteiger partial charge in [0, 0.05) is 30.3 Å². The fraction of sp³-hybridized carbons (Fsp3) is 0.909. The van der Waals surface area contributed by atoms with Gasteiger partial charge in [0.25, 0.3) is 0 Å². The Balaban J connectivity index is 2.35. The molecule has 0 aromatic rings. The summed E-state index contributed by atoms with van der Waals surface area (Å²) < 4.78 is 18.3. The summed E-state index contributed by atoms with van der Waals surface area (Å²) in [6, 6.07) is 0. The Morgan fingerprint density at radius 1 is 1.10 bits per heavy atom. The molecule has 0 radical (unpaired) electrons. The minimum absolute atomic E-state index is 0.000446. The third kappa shape index (κ3) is 4.32. The predicted molar refractivity (Wildman–Crippen MR) is 110 cm³/mol. The summed E-state index contributed by atoms with van der Waals surface area (Å²) in [6.07, 6.45) is 2.97. The van der Waals surface area contributed by atoms with Gasteiger partial charge in [-0.1, -0.05) is 27.7 Å². The standard InChI is InChI=1S/C22H39NO6/c1-8-19(6)12-22(16(4)20(7,9-2)23(19)11-18(25)26)28-14-21(10-3,15-29-22)13-27-17(5)24/h16H,8-15H2,1-7H3,(H,25,26). The lowest BCUT2D eigenvalue weighted by Gasteiger charge is -2.65. The van der Waals surface area contributed by atoms with Gasteiger partial charge >= 0.3 is 11.9 Å². The molecule has 7 heteroatoms. The zero-order valence-electron chi connectivity index (χ0n) is 19.2. The number of rotatable bonds is 7. The summed E-state index contributed by atoms with van der Waals surface area (Å²) in [4.78, 5) is 25.1. The highest BCUT2D eigenvalue weighted by Gasteiger charge is 2.63. The van der Waals surface area contributed by atoms with Gasteiger partial charge in [-0.15, -0.1) is 0 Å². The highest BCUT2D eigenvalue weighted by Crippen LogP contribution is 2.54. The number of piperidine rings is 1. The third-order valence-electron chi connectivity index (χ3n) is 7.84. The van der Waals surface area contributed by atoms with Gasteiger partial charge in [-0.25, -0.2) is 0 Å². The molecule has 0 aromatic carbocycles. The van der Waals surface area contributed by atoms with Crippen molar-refractivity contribution in [2.75, 3.05) is 26.4 Å². The number of likely N-dealkylation sites (tertiary alicyclic amines) is 1. The van der Waals surface area contributed by atoms with Gasteiger partial charge in [-0.2, -0.15) is 0 Å². The summed E-state index contributed by atoms with van der Waals surface area (Å²) in [7, 11) is 0. The van der Waals surface area contributed by atoms with Gasteiger partial charge in [0.05, 0.1) is 25.2 Å². The van der Waals surface area contributed by atoms with Gasteiger partial charge in [0.2, 0.25) is 0 Å². The zero-order chi connectivity index (χ0) is 22.1. The van der Waals surface area contributed by atoms with Crippen LogP contribution < -0.4 is 0 Å². The Kier molecular flexibility index (Phi) is 7.08. The van der Waals surface area contributed by atoms with Gasteiger partial charge in [-0.3, -0.25) is 14.5 Å². The molecule has 2 heterocycles. The van der Waals surface area contributed by atoms with Crippen LogP contribution in [0.1, 0.15) is 74.1 Å². The zero-order valence-corrected chi connectivity index (χ0v) is 19.2. The highest BCUT2D eigenvalue weighted by molar-refractivity contribution is 5.69. The molecule has 7 nitrogen and oxygen atoms in total. The van der Waals surface area contributed by atoms with Crippen LogP contribution in [-0.4, -0.2) is 65.2 Å². The molecular formula is C22H39NO6. The van der Waals surface area contributed by atoms with Crippen LogP contribution in [-0.2, 0) is 23.8 Å². The molecule has 1 spiro atoms. The van der Waals surface area contributed by atoms with E-state index in [1.807, 2.05) is 0 Å². The molecule has 2 aliphatic rings. The second-order valence-corrected chi connectivity index (χ2v) is 9.46. The first-order valence-electron chi connectivity index (χ1n) is 10.8. The van der Waals surface area contributed by atoms with Crippen molar-refractivity contribution in [1.82, 2.24) is 4.90 Å². The fourth-order valence-corrected chi connectivity index (χ4v) is 5.05. The van der Waals surface area contributed by atoms with E-state index in [0.29, 0.717) is 19.6 Å². The predicted octanol–water partition coefficient (Wildman–Crippen LogP) is 3.45. The number of hydrogen-bond acceptors (Lipinski definition) is 6. The van der Waals surface area contributed by atoms with E-state index in [9.17, 15) is 14.7 Å². The Labute approximate surface area is 175 Å². The van der Waals surface area contributed by atoms with E-state index in [4.69, 9.17) is 14.2 Å². The van der Waals surface area contributed by atoms with E-state index < -0.39 is 11.8 Å². The molecule has 2 rings (SSSR count). The number of ether oxygens (including phenoxy) is 3. The topological polar surface area (TPSA) is 85.3 Å². The van der Waals surface area contributed by atoms with Crippen molar-refractivity contribution in [3.05, 3.63) is 0 Å². The van der Waals surface area contributed by atoms with Crippen molar-refractivity contribution in [3.8, 4) is 0 Å². The highest BCUT2D eigenvalue weighted by atomic mass is 16.7. The normalized spacial score (nSPS) is 40.7. The number of carboxylic acids is 1. The van der Waals surface area contributed by atoms with E-state index >= 15 is 0 Å². The fourth-order valence-electron chi connectivity index (χ4n) is 5.05. The molecule has 2 saturated heterocycles. The van der Waals surface area contributed by atoms with Gasteiger partial charge in [0.15, 0.2) is 5.79 Å². The summed E-state index contributed by atoms with van der Waals surface area (Å²) in [6.45, 7) is 15.2. The van der Waals surface area contributed by atoms with Crippen molar-refractivity contribution in [2.24, 2.45) is 11.3 Å². The molecule has 0 amide bonds. The van der Waals surface area contributed by atoms with Crippen molar-refractivity contribution in [1.29, 1.82) is 0 Å². The second kappa shape index (κ2) is 8.52. The Morgan fingerprint density at radius 2 is 1.69 bits per heavy atom. The van der Waals surface area contributed by atoms with Crippen LogP contribution in [0.25, 0.3) is 0 Å². The smallest absolute Gasteiger partial charge is 0.317 e. The van der Waals surface area contributed by atoms with Crippen molar-refractivity contribution in [3.63, 3.8) is 0 Å². The van der Waals surface area contributed by atoms with Gasteiger partial charge in [0.1, 0.15) is 6.61 Å². The van der Waals surface area contributed by atoms with E-state index in [-0.39, 0.29) is 41.5 Å². The molecule has 29 heavy (non-hydrogen) atoms. The molecule has 0 bridgehead atoms. The number of aliphatic carboxylic acids is 1. The van der Waals surface area contributed by atoms with Crippen LogP contribution in [0.15, 0.2) is 0 Å². The third-order valence-corrected chi connectivity index (χ3v) is 7.84. The first-order chi connectivity index (χ1) is 13.4. The summed E-state index contributed by atoms with van der Waals surface area (Å²) in [5.41, 5.74) is -1.10. The number of carbonyl (C=O) groups is 2. The maximum atomic E-state index is 11.7.